The van der Waals surface area contributed by atoms with E-state index in [1.54, 1.807) is 7.05 Å². The van der Waals surface area contributed by atoms with Crippen molar-refractivity contribution in [3.05, 3.63) is 71.0 Å². The van der Waals surface area contributed by atoms with E-state index < -0.39 is 9.84 Å². The highest BCUT2D eigenvalue weighted by Crippen LogP contribution is 2.47. The molecule has 0 heterocycles. The van der Waals surface area contributed by atoms with Gasteiger partial charge in [-0.25, -0.2) is 12.8 Å². The zero-order valence-corrected chi connectivity index (χ0v) is 20.5. The molecule has 0 aromatic heterocycles. The third-order valence-corrected chi connectivity index (χ3v) is 6.10. The van der Waals surface area contributed by atoms with Gasteiger partial charge in [0.1, 0.15) is 5.82 Å². The van der Waals surface area contributed by atoms with Gasteiger partial charge in [0.05, 0.1) is 5.75 Å². The SMILES string of the molecule is CN=C(NCc1cc(F)ccc1CS(C)(=O)=O)NCC1(Cc2ccccc2)CC1.I. The largest absolute Gasteiger partial charge is 0.356 e. The molecule has 0 unspecified atom stereocenters. The van der Waals surface area contributed by atoms with Crippen molar-refractivity contribution in [1.29, 1.82) is 0 Å². The highest BCUT2D eigenvalue weighted by molar-refractivity contribution is 14.0. The van der Waals surface area contributed by atoms with Crippen LogP contribution in [-0.2, 0) is 28.6 Å². The lowest BCUT2D eigenvalue weighted by atomic mass is 9.96. The quantitative estimate of drug-likeness (QED) is 0.302. The minimum Gasteiger partial charge on any atom is -0.356 e. The van der Waals surface area contributed by atoms with Gasteiger partial charge < -0.3 is 10.6 Å². The van der Waals surface area contributed by atoms with Crippen molar-refractivity contribution in [3.63, 3.8) is 0 Å². The second-order valence-corrected chi connectivity index (χ2v) is 10.1. The van der Waals surface area contributed by atoms with Crippen LogP contribution in [0.25, 0.3) is 0 Å². The highest BCUT2D eigenvalue weighted by Gasteiger charge is 2.42. The zero-order chi connectivity index (χ0) is 20.9. The lowest BCUT2D eigenvalue weighted by Crippen LogP contribution is -2.40. The molecule has 2 N–H and O–H groups in total. The molecule has 0 radical (unpaired) electrons. The standard InChI is InChI=1S/C22H28FN3O2S.HI/c1-24-21(26-16-22(10-11-22)13-17-6-4-3-5-7-17)25-14-19-12-20(23)9-8-18(19)15-29(2,27)28;/h3-9,12H,10-11,13-16H2,1-2H3,(H2,24,25,26);1H. The highest BCUT2D eigenvalue weighted by atomic mass is 127. The Balaban J connectivity index is 0.00000320. The maximum absolute atomic E-state index is 13.7. The number of halogens is 2. The molecule has 0 atom stereocenters. The summed E-state index contributed by atoms with van der Waals surface area (Å²) in [7, 11) is -1.51. The lowest BCUT2D eigenvalue weighted by molar-refractivity contribution is 0.492. The zero-order valence-electron chi connectivity index (χ0n) is 17.3. The van der Waals surface area contributed by atoms with E-state index in [1.807, 2.05) is 6.07 Å². The van der Waals surface area contributed by atoms with Crippen molar-refractivity contribution in [2.24, 2.45) is 10.4 Å². The fraction of sp³-hybridized carbons (Fsp3) is 0.409. The van der Waals surface area contributed by atoms with Gasteiger partial charge >= 0.3 is 0 Å². The lowest BCUT2D eigenvalue weighted by Gasteiger charge is -2.19. The predicted molar refractivity (Wildman–Crippen MR) is 130 cm³/mol. The number of nitrogens with one attached hydrogen (secondary N) is 2. The van der Waals surface area contributed by atoms with Crippen LogP contribution in [0.1, 0.15) is 29.5 Å². The molecular formula is C22H29FIN3O2S. The summed E-state index contributed by atoms with van der Waals surface area (Å²) in [5.41, 5.74) is 2.79. The second kappa shape index (κ2) is 10.6. The average Bonchev–Trinajstić information content (AvgIpc) is 3.43. The van der Waals surface area contributed by atoms with Gasteiger partial charge in [0.15, 0.2) is 15.8 Å². The molecule has 0 amide bonds. The van der Waals surface area contributed by atoms with Crippen LogP contribution < -0.4 is 10.6 Å². The topological polar surface area (TPSA) is 70.6 Å². The van der Waals surface area contributed by atoms with Gasteiger partial charge in [0.2, 0.25) is 0 Å². The van der Waals surface area contributed by atoms with Gasteiger partial charge in [-0.3, -0.25) is 4.99 Å². The summed E-state index contributed by atoms with van der Waals surface area (Å²) < 4.78 is 37.0. The molecule has 1 fully saturated rings. The predicted octanol–water partition coefficient (Wildman–Crippen LogP) is 3.68. The number of sulfone groups is 1. The maximum Gasteiger partial charge on any atom is 0.191 e. The average molecular weight is 545 g/mol. The second-order valence-electron chi connectivity index (χ2n) is 7.92. The molecule has 0 saturated heterocycles. The van der Waals surface area contributed by atoms with Crippen LogP contribution in [0.15, 0.2) is 53.5 Å². The Morgan fingerprint density at radius 1 is 1.10 bits per heavy atom. The number of nitrogens with zero attached hydrogens (tertiary/aromatic N) is 1. The summed E-state index contributed by atoms with van der Waals surface area (Å²) in [5, 5.41) is 6.55. The molecule has 2 aromatic carbocycles. The van der Waals surface area contributed by atoms with Crippen molar-refractivity contribution in [2.75, 3.05) is 19.8 Å². The molecule has 30 heavy (non-hydrogen) atoms. The molecule has 0 spiro atoms. The Labute approximate surface area is 195 Å². The third kappa shape index (κ3) is 7.54. The monoisotopic (exact) mass is 545 g/mol. The molecule has 8 heteroatoms. The summed E-state index contributed by atoms with van der Waals surface area (Å²) in [5.74, 6) is 0.122. The van der Waals surface area contributed by atoms with Crippen LogP contribution >= 0.6 is 24.0 Å². The third-order valence-electron chi connectivity index (χ3n) is 5.27. The van der Waals surface area contributed by atoms with E-state index in [9.17, 15) is 12.8 Å². The van der Waals surface area contributed by atoms with Crippen LogP contribution in [0.2, 0.25) is 0 Å². The Bertz CT molecular complexity index is 977. The van der Waals surface area contributed by atoms with E-state index in [0.717, 1.165) is 13.0 Å². The van der Waals surface area contributed by atoms with Gasteiger partial charge in [0.25, 0.3) is 0 Å². The summed E-state index contributed by atoms with van der Waals surface area (Å²) in [6, 6.07) is 14.6. The van der Waals surface area contributed by atoms with Crippen LogP contribution in [0, 0.1) is 11.2 Å². The van der Waals surface area contributed by atoms with Gasteiger partial charge in [-0.2, -0.15) is 0 Å². The van der Waals surface area contributed by atoms with Crippen molar-refractivity contribution < 1.29 is 12.8 Å². The molecule has 3 rings (SSSR count). The fourth-order valence-corrected chi connectivity index (χ4v) is 4.32. The van der Waals surface area contributed by atoms with Crippen LogP contribution in [0.5, 0.6) is 0 Å². The van der Waals surface area contributed by atoms with E-state index in [2.05, 4.69) is 39.9 Å². The number of guanidine groups is 1. The first-order valence-electron chi connectivity index (χ1n) is 9.72. The summed E-state index contributed by atoms with van der Waals surface area (Å²) in [4.78, 5) is 4.25. The Morgan fingerprint density at radius 3 is 2.40 bits per heavy atom. The van der Waals surface area contributed by atoms with E-state index >= 15 is 0 Å². The molecule has 1 saturated carbocycles. The maximum atomic E-state index is 13.7. The molecule has 5 nitrogen and oxygen atoms in total. The molecule has 0 bridgehead atoms. The number of aliphatic imine (C=N–C) groups is 1. The number of hydrogen-bond acceptors (Lipinski definition) is 3. The summed E-state index contributed by atoms with van der Waals surface area (Å²) in [6.07, 6.45) is 4.55. The summed E-state index contributed by atoms with van der Waals surface area (Å²) in [6.45, 7) is 1.11. The van der Waals surface area contributed by atoms with Crippen LogP contribution in [0.4, 0.5) is 4.39 Å². The first-order valence-corrected chi connectivity index (χ1v) is 11.8. The minimum atomic E-state index is -3.20. The van der Waals surface area contributed by atoms with Gasteiger partial charge in [0, 0.05) is 26.4 Å². The Morgan fingerprint density at radius 2 is 1.80 bits per heavy atom. The summed E-state index contributed by atoms with van der Waals surface area (Å²) >= 11 is 0. The first-order chi connectivity index (χ1) is 13.8. The molecule has 1 aliphatic carbocycles. The Kier molecular flexibility index (Phi) is 8.66. The van der Waals surface area contributed by atoms with Gasteiger partial charge in [-0.15, -0.1) is 24.0 Å². The smallest absolute Gasteiger partial charge is 0.191 e. The normalized spacial score (nSPS) is 15.2. The van der Waals surface area contributed by atoms with Crippen LogP contribution in [-0.4, -0.2) is 34.2 Å². The Hall–Kier alpha value is -1.68. The van der Waals surface area contributed by atoms with Crippen molar-refractivity contribution in [3.8, 4) is 0 Å². The van der Waals surface area contributed by atoms with Gasteiger partial charge in [-0.05, 0) is 53.5 Å². The number of benzene rings is 2. The number of hydrogen-bond donors (Lipinski definition) is 2. The van der Waals surface area contributed by atoms with Crippen molar-refractivity contribution >= 4 is 39.8 Å². The molecule has 1 aliphatic rings. The van der Waals surface area contributed by atoms with E-state index in [0.29, 0.717) is 23.6 Å². The fourth-order valence-electron chi connectivity index (χ4n) is 3.47. The minimum absolute atomic E-state index is 0. The van der Waals surface area contributed by atoms with E-state index in [1.165, 1.54) is 42.9 Å². The molecule has 164 valence electrons. The first kappa shape index (κ1) is 24.6. The molecule has 0 aliphatic heterocycles. The van der Waals surface area contributed by atoms with Crippen LogP contribution in [0.3, 0.4) is 0 Å². The van der Waals surface area contributed by atoms with Crippen molar-refractivity contribution in [2.45, 2.75) is 31.6 Å². The molecular weight excluding hydrogens is 516 g/mol. The van der Waals surface area contributed by atoms with E-state index in [4.69, 9.17) is 0 Å². The van der Waals surface area contributed by atoms with Crippen molar-refractivity contribution in [1.82, 2.24) is 10.6 Å². The van der Waals surface area contributed by atoms with E-state index in [-0.39, 0.29) is 41.0 Å². The molecule has 2 aromatic rings. The van der Waals surface area contributed by atoms with Gasteiger partial charge in [-0.1, -0.05) is 36.4 Å². The number of rotatable bonds is 8.